The van der Waals surface area contributed by atoms with E-state index in [0.717, 1.165) is 0 Å². The molecule has 4 N–H and O–H groups in total. The van der Waals surface area contributed by atoms with Crippen molar-refractivity contribution < 1.29 is 9.18 Å². The average molecular weight is 211 g/mol. The summed E-state index contributed by atoms with van der Waals surface area (Å²) < 4.78 is 12.8. The second-order valence-corrected chi connectivity index (χ2v) is 3.18. The van der Waals surface area contributed by atoms with Gasteiger partial charge in [-0.05, 0) is 24.1 Å². The summed E-state index contributed by atoms with van der Waals surface area (Å²) in [4.78, 5) is 11.2. The van der Waals surface area contributed by atoms with Crippen LogP contribution < -0.4 is 16.6 Å². The second kappa shape index (κ2) is 5.43. The number of carbonyl (C=O) groups is 1. The summed E-state index contributed by atoms with van der Waals surface area (Å²) >= 11 is 0. The zero-order valence-electron chi connectivity index (χ0n) is 8.46. The fourth-order valence-electron chi connectivity index (χ4n) is 1.23. The van der Waals surface area contributed by atoms with E-state index >= 15 is 0 Å². The van der Waals surface area contributed by atoms with Gasteiger partial charge in [-0.25, -0.2) is 9.82 Å². The number of hydrazine groups is 1. The van der Waals surface area contributed by atoms with Gasteiger partial charge >= 0.3 is 0 Å². The molecular formula is C10H14FN3O. The van der Waals surface area contributed by atoms with Gasteiger partial charge in [-0.1, -0.05) is 12.1 Å². The molecule has 82 valence electrons. The molecule has 0 aliphatic heterocycles. The minimum atomic E-state index is -0.681. The Morgan fingerprint density at radius 1 is 1.60 bits per heavy atom. The monoisotopic (exact) mass is 211 g/mol. The van der Waals surface area contributed by atoms with Crippen LogP contribution in [0.25, 0.3) is 0 Å². The topological polar surface area (TPSA) is 67.1 Å². The molecule has 0 saturated carbocycles. The molecule has 1 unspecified atom stereocenters. The lowest BCUT2D eigenvalue weighted by atomic mass is 10.1. The second-order valence-electron chi connectivity index (χ2n) is 3.18. The number of halogens is 1. The molecule has 4 nitrogen and oxygen atoms in total. The summed E-state index contributed by atoms with van der Waals surface area (Å²) in [6.45, 7) is 0. The van der Waals surface area contributed by atoms with Crippen molar-refractivity contribution in [2.75, 3.05) is 7.05 Å². The summed E-state index contributed by atoms with van der Waals surface area (Å²) in [7, 11) is 1.58. The molecule has 1 rings (SSSR count). The number of carbonyl (C=O) groups excluding carboxylic acids is 1. The third-order valence-corrected chi connectivity index (χ3v) is 1.93. The molecular weight excluding hydrogens is 197 g/mol. The Morgan fingerprint density at radius 3 is 2.93 bits per heavy atom. The summed E-state index contributed by atoms with van der Waals surface area (Å²) in [5.74, 6) is -0.643. The third kappa shape index (κ3) is 3.65. The van der Waals surface area contributed by atoms with E-state index in [1.54, 1.807) is 19.2 Å². The van der Waals surface area contributed by atoms with Gasteiger partial charge in [0.2, 0.25) is 0 Å². The van der Waals surface area contributed by atoms with Crippen LogP contribution in [0.1, 0.15) is 5.56 Å². The Hall–Kier alpha value is -1.46. The van der Waals surface area contributed by atoms with Gasteiger partial charge in [-0.15, -0.1) is 0 Å². The van der Waals surface area contributed by atoms with Crippen LogP contribution in [0.3, 0.4) is 0 Å². The normalized spacial score (nSPS) is 12.2. The highest BCUT2D eigenvalue weighted by Gasteiger charge is 2.13. The van der Waals surface area contributed by atoms with E-state index in [1.165, 1.54) is 12.1 Å². The minimum Gasteiger partial charge on any atom is -0.320 e. The Labute approximate surface area is 87.6 Å². The Balaban J connectivity index is 2.58. The molecule has 1 aromatic carbocycles. The van der Waals surface area contributed by atoms with E-state index in [9.17, 15) is 9.18 Å². The van der Waals surface area contributed by atoms with Crippen LogP contribution in [0, 0.1) is 5.82 Å². The lowest BCUT2D eigenvalue weighted by Crippen LogP contribution is -2.46. The lowest BCUT2D eigenvalue weighted by Gasteiger charge is -2.11. The van der Waals surface area contributed by atoms with Gasteiger partial charge < -0.3 is 5.73 Å². The maximum atomic E-state index is 12.8. The van der Waals surface area contributed by atoms with Crippen LogP contribution in [0.5, 0.6) is 0 Å². The standard InChI is InChI=1S/C10H14FN3O/c1-13-14-10(15)9(12)6-7-3-2-4-8(11)5-7/h2-5,9,13H,6,12H2,1H3,(H,14,15). The molecule has 0 heterocycles. The number of benzene rings is 1. The number of amides is 1. The van der Waals surface area contributed by atoms with Gasteiger partial charge in [0.15, 0.2) is 0 Å². The van der Waals surface area contributed by atoms with Gasteiger partial charge in [0.1, 0.15) is 5.82 Å². The van der Waals surface area contributed by atoms with Gasteiger partial charge in [-0.2, -0.15) is 0 Å². The fourth-order valence-corrected chi connectivity index (χ4v) is 1.23. The van der Waals surface area contributed by atoms with Crippen LogP contribution in [0.15, 0.2) is 24.3 Å². The molecule has 0 saturated heterocycles. The maximum absolute atomic E-state index is 12.8. The predicted molar refractivity (Wildman–Crippen MR) is 55.3 cm³/mol. The quantitative estimate of drug-likeness (QED) is 0.611. The molecule has 0 fully saturated rings. The number of nitrogens with two attached hydrogens (primary N) is 1. The van der Waals surface area contributed by atoms with Crippen molar-refractivity contribution in [3.63, 3.8) is 0 Å². The molecule has 0 radical (unpaired) electrons. The first-order valence-corrected chi connectivity index (χ1v) is 4.60. The van der Waals surface area contributed by atoms with Crippen LogP contribution in [-0.4, -0.2) is 19.0 Å². The van der Waals surface area contributed by atoms with Crippen molar-refractivity contribution >= 4 is 5.91 Å². The molecule has 0 aromatic heterocycles. The highest BCUT2D eigenvalue weighted by atomic mass is 19.1. The van der Waals surface area contributed by atoms with Crippen molar-refractivity contribution in [2.24, 2.45) is 5.73 Å². The van der Waals surface area contributed by atoms with E-state index in [1.807, 2.05) is 0 Å². The molecule has 1 amide bonds. The van der Waals surface area contributed by atoms with Gasteiger partial charge in [0.25, 0.3) is 5.91 Å². The fraction of sp³-hybridized carbons (Fsp3) is 0.300. The lowest BCUT2D eigenvalue weighted by molar-refractivity contribution is -0.123. The van der Waals surface area contributed by atoms with Crippen LogP contribution in [0.4, 0.5) is 4.39 Å². The number of nitrogens with one attached hydrogen (secondary N) is 2. The maximum Gasteiger partial charge on any atom is 0.251 e. The smallest absolute Gasteiger partial charge is 0.251 e. The van der Waals surface area contributed by atoms with Crippen LogP contribution >= 0.6 is 0 Å². The zero-order chi connectivity index (χ0) is 11.3. The van der Waals surface area contributed by atoms with Crippen molar-refractivity contribution in [1.82, 2.24) is 10.9 Å². The van der Waals surface area contributed by atoms with Crippen molar-refractivity contribution in [3.8, 4) is 0 Å². The average Bonchev–Trinajstić information content (AvgIpc) is 2.18. The van der Waals surface area contributed by atoms with E-state index in [-0.39, 0.29) is 11.7 Å². The first kappa shape index (κ1) is 11.6. The van der Waals surface area contributed by atoms with Gasteiger partial charge in [-0.3, -0.25) is 10.2 Å². The van der Waals surface area contributed by atoms with Crippen molar-refractivity contribution in [1.29, 1.82) is 0 Å². The predicted octanol–water partition coefficient (Wildman–Crippen LogP) is -0.0539. The highest BCUT2D eigenvalue weighted by Crippen LogP contribution is 2.05. The third-order valence-electron chi connectivity index (χ3n) is 1.93. The molecule has 0 spiro atoms. The SMILES string of the molecule is CNNC(=O)C(N)Cc1cccc(F)c1. The van der Waals surface area contributed by atoms with E-state index in [2.05, 4.69) is 10.9 Å². The summed E-state index contributed by atoms with van der Waals surface area (Å²) in [6, 6.07) is 5.36. The molecule has 0 aliphatic rings. The Morgan fingerprint density at radius 2 is 2.33 bits per heavy atom. The molecule has 1 atom stereocenters. The summed E-state index contributed by atoms with van der Waals surface area (Å²) in [5, 5.41) is 0. The van der Waals surface area contributed by atoms with E-state index in [4.69, 9.17) is 5.73 Å². The molecule has 15 heavy (non-hydrogen) atoms. The zero-order valence-corrected chi connectivity index (χ0v) is 8.46. The molecule has 1 aromatic rings. The highest BCUT2D eigenvalue weighted by molar-refractivity contribution is 5.81. The molecule has 0 bridgehead atoms. The van der Waals surface area contributed by atoms with Crippen molar-refractivity contribution in [2.45, 2.75) is 12.5 Å². The number of rotatable bonds is 4. The largest absolute Gasteiger partial charge is 0.320 e. The van der Waals surface area contributed by atoms with Gasteiger partial charge in [0, 0.05) is 7.05 Å². The summed E-state index contributed by atoms with van der Waals surface area (Å²) in [5.41, 5.74) is 11.2. The summed E-state index contributed by atoms with van der Waals surface area (Å²) in [6.07, 6.45) is 0.311. The van der Waals surface area contributed by atoms with Crippen molar-refractivity contribution in [3.05, 3.63) is 35.6 Å². The first-order chi connectivity index (χ1) is 7.13. The van der Waals surface area contributed by atoms with E-state index < -0.39 is 6.04 Å². The Kier molecular flexibility index (Phi) is 4.20. The molecule has 5 heteroatoms. The first-order valence-electron chi connectivity index (χ1n) is 4.60. The number of hydrogen-bond acceptors (Lipinski definition) is 3. The molecule has 0 aliphatic carbocycles. The van der Waals surface area contributed by atoms with E-state index in [0.29, 0.717) is 12.0 Å². The number of hydrogen-bond donors (Lipinski definition) is 3. The Bertz CT molecular complexity index is 343. The van der Waals surface area contributed by atoms with Gasteiger partial charge in [0.05, 0.1) is 6.04 Å². The minimum absolute atomic E-state index is 0.311. The van der Waals surface area contributed by atoms with Crippen LogP contribution in [0.2, 0.25) is 0 Å². The van der Waals surface area contributed by atoms with Crippen LogP contribution in [-0.2, 0) is 11.2 Å².